The first kappa shape index (κ1) is 19.5. The van der Waals surface area contributed by atoms with Gasteiger partial charge in [-0.15, -0.1) is 0 Å². The van der Waals surface area contributed by atoms with Gasteiger partial charge in [0.25, 0.3) is 0 Å². The van der Waals surface area contributed by atoms with E-state index in [1.54, 1.807) is 7.11 Å². The molecule has 26 heavy (non-hydrogen) atoms. The number of carbonyl (C=O) groups excluding carboxylic acids is 1. The van der Waals surface area contributed by atoms with E-state index < -0.39 is 0 Å². The Balaban J connectivity index is 1.50. The van der Waals surface area contributed by atoms with E-state index in [1.807, 2.05) is 7.05 Å². The summed E-state index contributed by atoms with van der Waals surface area (Å²) in [5, 5.41) is 7.09. The van der Waals surface area contributed by atoms with E-state index in [2.05, 4.69) is 41.3 Å². The highest BCUT2D eigenvalue weighted by molar-refractivity contribution is 5.82. The van der Waals surface area contributed by atoms with Crippen LogP contribution in [0.15, 0.2) is 4.99 Å². The zero-order valence-electron chi connectivity index (χ0n) is 17.1. The molecule has 0 aromatic heterocycles. The van der Waals surface area contributed by atoms with Crippen LogP contribution in [0.2, 0.25) is 0 Å². The van der Waals surface area contributed by atoms with Crippen molar-refractivity contribution in [3.05, 3.63) is 0 Å². The van der Waals surface area contributed by atoms with Crippen LogP contribution in [0, 0.1) is 11.3 Å². The van der Waals surface area contributed by atoms with Crippen LogP contribution < -0.4 is 10.6 Å². The molecule has 1 aliphatic heterocycles. The Morgan fingerprint density at radius 1 is 1.15 bits per heavy atom. The Bertz CT molecular complexity index is 556. The lowest BCUT2D eigenvalue weighted by Crippen LogP contribution is -2.69. The highest BCUT2D eigenvalue weighted by Gasteiger charge is 2.58. The maximum absolute atomic E-state index is 12.6. The van der Waals surface area contributed by atoms with Crippen LogP contribution in [0.3, 0.4) is 0 Å². The molecule has 1 amide bonds. The second kappa shape index (κ2) is 7.37. The van der Waals surface area contributed by atoms with E-state index in [-0.39, 0.29) is 23.0 Å². The number of rotatable bonds is 4. The molecule has 3 unspecified atom stereocenters. The highest BCUT2D eigenvalue weighted by atomic mass is 16.5. The van der Waals surface area contributed by atoms with Gasteiger partial charge in [0.05, 0.1) is 5.60 Å². The van der Waals surface area contributed by atoms with Gasteiger partial charge >= 0.3 is 0 Å². The number of carbonyl (C=O) groups is 1. The Labute approximate surface area is 158 Å². The summed E-state index contributed by atoms with van der Waals surface area (Å²) in [5.41, 5.74) is -0.0547. The largest absolute Gasteiger partial charge is 0.378 e. The molecule has 3 rings (SSSR count). The molecule has 1 heterocycles. The average Bonchev–Trinajstić information content (AvgIpc) is 3.31. The van der Waals surface area contributed by atoms with Crippen molar-refractivity contribution in [2.45, 2.75) is 77.0 Å². The van der Waals surface area contributed by atoms with Gasteiger partial charge < -0.3 is 20.3 Å². The molecule has 6 nitrogen and oxygen atoms in total. The van der Waals surface area contributed by atoms with Crippen molar-refractivity contribution < 1.29 is 9.53 Å². The van der Waals surface area contributed by atoms with Crippen LogP contribution in [0.25, 0.3) is 0 Å². The highest BCUT2D eigenvalue weighted by Crippen LogP contribution is 2.51. The summed E-state index contributed by atoms with van der Waals surface area (Å²) in [6, 6.07) is 0.611. The average molecular weight is 365 g/mol. The van der Waals surface area contributed by atoms with Crippen molar-refractivity contribution in [1.29, 1.82) is 0 Å². The van der Waals surface area contributed by atoms with Crippen molar-refractivity contribution in [3.8, 4) is 0 Å². The summed E-state index contributed by atoms with van der Waals surface area (Å²) < 4.78 is 5.71. The quantitative estimate of drug-likeness (QED) is 0.593. The molecule has 0 spiro atoms. The second-order valence-electron chi connectivity index (χ2n) is 9.03. The fraction of sp³-hybridized carbons (Fsp3) is 0.900. The summed E-state index contributed by atoms with van der Waals surface area (Å²) in [6.07, 6.45) is 6.52. The lowest BCUT2D eigenvalue weighted by molar-refractivity contribution is -0.176. The van der Waals surface area contributed by atoms with Gasteiger partial charge in [0.1, 0.15) is 0 Å². The first-order valence-corrected chi connectivity index (χ1v) is 10.1. The number of methoxy groups -OCH3 is 1. The first-order valence-electron chi connectivity index (χ1n) is 10.1. The number of ether oxygens (including phenoxy) is 1. The summed E-state index contributed by atoms with van der Waals surface area (Å²) in [6.45, 7) is 8.30. The molecule has 1 saturated heterocycles. The van der Waals surface area contributed by atoms with Crippen molar-refractivity contribution in [1.82, 2.24) is 15.5 Å². The fourth-order valence-electron chi connectivity index (χ4n) is 4.76. The monoisotopic (exact) mass is 364 g/mol. The van der Waals surface area contributed by atoms with Gasteiger partial charge in [-0.2, -0.15) is 0 Å². The number of aliphatic imine (C=N–C) groups is 1. The van der Waals surface area contributed by atoms with Crippen molar-refractivity contribution in [2.75, 3.05) is 27.2 Å². The molecule has 0 aromatic carbocycles. The molecule has 6 heteroatoms. The zero-order valence-corrected chi connectivity index (χ0v) is 17.1. The van der Waals surface area contributed by atoms with Crippen molar-refractivity contribution in [3.63, 3.8) is 0 Å². The third-order valence-corrected chi connectivity index (χ3v) is 7.36. The number of likely N-dealkylation sites (tertiary alicyclic amines) is 1. The molecule has 2 aliphatic carbocycles. The van der Waals surface area contributed by atoms with Crippen LogP contribution in [0.4, 0.5) is 0 Å². The summed E-state index contributed by atoms with van der Waals surface area (Å²) in [5.74, 6) is 1.47. The maximum atomic E-state index is 12.6. The predicted octanol–water partition coefficient (Wildman–Crippen LogP) is 2.15. The Morgan fingerprint density at radius 2 is 1.85 bits per heavy atom. The number of hydrogen-bond donors (Lipinski definition) is 2. The number of guanidine groups is 1. The van der Waals surface area contributed by atoms with Gasteiger partial charge in [-0.1, -0.05) is 26.7 Å². The second-order valence-corrected chi connectivity index (χ2v) is 9.03. The molecule has 3 atom stereocenters. The molecule has 0 radical (unpaired) electrons. The van der Waals surface area contributed by atoms with Crippen LogP contribution in [-0.2, 0) is 9.53 Å². The maximum Gasteiger partial charge on any atom is 0.225 e. The minimum absolute atomic E-state index is 0.0412. The van der Waals surface area contributed by atoms with Gasteiger partial charge in [-0.25, -0.2) is 0 Å². The van der Waals surface area contributed by atoms with Crippen LogP contribution in [-0.4, -0.2) is 61.7 Å². The Hall–Kier alpha value is -1.30. The van der Waals surface area contributed by atoms with Crippen LogP contribution in [0.1, 0.15) is 59.3 Å². The van der Waals surface area contributed by atoms with E-state index >= 15 is 0 Å². The number of nitrogens with zero attached hydrogens (tertiary/aromatic N) is 2. The van der Waals surface area contributed by atoms with Crippen molar-refractivity contribution >= 4 is 11.9 Å². The lowest BCUT2D eigenvalue weighted by atomic mass is 9.56. The third kappa shape index (κ3) is 3.45. The standard InChI is InChI=1S/C20H36N4O2/c1-19(2)16(12-20(19,3)26-5)23-18(21-4)22-15-10-11-24(13-15)17(25)14-8-6-7-9-14/h14-16H,6-13H2,1-5H3,(H2,21,22,23). The van der Waals surface area contributed by atoms with Gasteiger partial charge in [-0.05, 0) is 32.6 Å². The molecule has 3 fully saturated rings. The first-order chi connectivity index (χ1) is 12.3. The SMILES string of the molecule is CN=C(NC1CCN(C(=O)C2CCCC2)C1)NC1CC(C)(OC)C1(C)C. The van der Waals surface area contributed by atoms with Crippen LogP contribution in [0.5, 0.6) is 0 Å². The van der Waals surface area contributed by atoms with Crippen LogP contribution >= 0.6 is 0 Å². The topological polar surface area (TPSA) is 66.0 Å². The molecular formula is C20H36N4O2. The molecular weight excluding hydrogens is 328 g/mol. The van der Waals surface area contributed by atoms with E-state index in [1.165, 1.54) is 12.8 Å². The van der Waals surface area contributed by atoms with Crippen molar-refractivity contribution in [2.24, 2.45) is 16.3 Å². The predicted molar refractivity (Wildman–Crippen MR) is 104 cm³/mol. The molecule has 0 aromatic rings. The fourth-order valence-corrected chi connectivity index (χ4v) is 4.76. The minimum atomic E-state index is -0.0959. The molecule has 148 valence electrons. The lowest BCUT2D eigenvalue weighted by Gasteiger charge is -2.59. The van der Waals surface area contributed by atoms with Gasteiger partial charge in [0.15, 0.2) is 5.96 Å². The van der Waals surface area contributed by atoms with Gasteiger partial charge in [0, 0.05) is 50.7 Å². The molecule has 2 N–H and O–H groups in total. The Morgan fingerprint density at radius 3 is 2.42 bits per heavy atom. The smallest absolute Gasteiger partial charge is 0.225 e. The summed E-state index contributed by atoms with van der Waals surface area (Å²) in [7, 11) is 3.60. The number of nitrogens with one attached hydrogen (secondary N) is 2. The molecule has 2 saturated carbocycles. The number of hydrogen-bond acceptors (Lipinski definition) is 3. The van der Waals surface area contributed by atoms with Gasteiger partial charge in [0.2, 0.25) is 5.91 Å². The summed E-state index contributed by atoms with van der Waals surface area (Å²) >= 11 is 0. The van der Waals surface area contributed by atoms with E-state index in [9.17, 15) is 4.79 Å². The van der Waals surface area contributed by atoms with Gasteiger partial charge in [-0.3, -0.25) is 9.79 Å². The zero-order chi connectivity index (χ0) is 18.9. The Kier molecular flexibility index (Phi) is 5.52. The van der Waals surface area contributed by atoms with E-state index in [0.717, 1.165) is 44.7 Å². The number of amides is 1. The molecule has 0 bridgehead atoms. The normalized spacial score (nSPS) is 34.7. The summed E-state index contributed by atoms with van der Waals surface area (Å²) in [4.78, 5) is 19.1. The third-order valence-electron chi connectivity index (χ3n) is 7.36. The minimum Gasteiger partial charge on any atom is -0.378 e. The molecule has 3 aliphatic rings. The van der Waals surface area contributed by atoms with E-state index in [4.69, 9.17) is 4.74 Å². The van der Waals surface area contributed by atoms with E-state index in [0.29, 0.717) is 11.9 Å².